The molecule has 1 aromatic carbocycles. The minimum absolute atomic E-state index is 0.333. The fraction of sp³-hybridized carbons (Fsp3) is 0.200. The smallest absolute Gasteiger partial charge is 0.313 e. The summed E-state index contributed by atoms with van der Waals surface area (Å²) in [5, 5.41) is 20.9. The highest BCUT2D eigenvalue weighted by atomic mass is 32.2. The Balaban J connectivity index is 2.83. The Morgan fingerprint density at radius 1 is 1.35 bits per heavy atom. The second-order valence-corrected chi connectivity index (χ2v) is 4.46. The molecule has 0 saturated carbocycles. The molecule has 0 aliphatic heterocycles. The van der Waals surface area contributed by atoms with Gasteiger partial charge in [0.25, 0.3) is 5.69 Å². The molecule has 20 heavy (non-hydrogen) atoms. The van der Waals surface area contributed by atoms with Crippen LogP contribution < -0.4 is 5.32 Å². The van der Waals surface area contributed by atoms with Crippen LogP contribution in [0, 0.1) is 21.7 Å². The van der Waals surface area contributed by atoms with Gasteiger partial charge in [-0.05, 0) is 0 Å². The van der Waals surface area contributed by atoms with E-state index < -0.39 is 39.8 Å². The fourth-order valence-electron chi connectivity index (χ4n) is 1.23. The number of nitrogens with one attached hydrogen (secondary N) is 1. The van der Waals surface area contributed by atoms with Crippen LogP contribution in [0.2, 0.25) is 0 Å². The van der Waals surface area contributed by atoms with Crippen molar-refractivity contribution in [3.05, 3.63) is 33.9 Å². The maximum Gasteiger partial charge on any atom is 0.313 e. The van der Waals surface area contributed by atoms with Crippen molar-refractivity contribution in [1.29, 1.82) is 0 Å². The molecular formula is C10H8F2N2O5S. The van der Waals surface area contributed by atoms with Crippen molar-refractivity contribution in [2.75, 3.05) is 16.8 Å². The van der Waals surface area contributed by atoms with Crippen molar-refractivity contribution in [2.24, 2.45) is 0 Å². The number of amides is 1. The molecule has 108 valence electrons. The van der Waals surface area contributed by atoms with Gasteiger partial charge in [-0.15, -0.1) is 11.8 Å². The van der Waals surface area contributed by atoms with E-state index >= 15 is 0 Å². The van der Waals surface area contributed by atoms with Gasteiger partial charge in [0.05, 0.1) is 22.5 Å². The van der Waals surface area contributed by atoms with Crippen molar-refractivity contribution in [1.82, 2.24) is 0 Å². The minimum atomic E-state index is -1.28. The number of benzene rings is 1. The maximum atomic E-state index is 13.4. The van der Waals surface area contributed by atoms with Crippen LogP contribution in [-0.4, -0.2) is 33.4 Å². The van der Waals surface area contributed by atoms with E-state index in [1.807, 2.05) is 5.32 Å². The number of nitro benzene ring substituents is 1. The highest BCUT2D eigenvalue weighted by Gasteiger charge is 2.22. The second kappa shape index (κ2) is 6.80. The molecule has 0 fully saturated rings. The van der Waals surface area contributed by atoms with E-state index in [0.29, 0.717) is 12.1 Å². The third kappa shape index (κ3) is 4.46. The van der Waals surface area contributed by atoms with Gasteiger partial charge in [-0.3, -0.25) is 19.7 Å². The molecule has 7 nitrogen and oxygen atoms in total. The van der Waals surface area contributed by atoms with Crippen LogP contribution in [0.5, 0.6) is 0 Å². The minimum Gasteiger partial charge on any atom is -0.481 e. The van der Waals surface area contributed by atoms with E-state index in [1.54, 1.807) is 0 Å². The summed E-state index contributed by atoms with van der Waals surface area (Å²) in [5.74, 6) is -5.07. The SMILES string of the molecule is O=C(O)CSCC(=O)Nc1c(F)cc(F)cc1[N+](=O)[O-]. The van der Waals surface area contributed by atoms with Gasteiger partial charge in [-0.25, -0.2) is 8.78 Å². The normalized spacial score (nSPS) is 10.1. The Labute approximate surface area is 115 Å². The summed E-state index contributed by atoms with van der Waals surface area (Å²) in [5.41, 5.74) is -1.67. The summed E-state index contributed by atoms with van der Waals surface area (Å²) in [7, 11) is 0. The van der Waals surface area contributed by atoms with Gasteiger partial charge in [-0.2, -0.15) is 0 Å². The second-order valence-electron chi connectivity index (χ2n) is 3.47. The van der Waals surface area contributed by atoms with Crippen LogP contribution in [0.4, 0.5) is 20.2 Å². The largest absolute Gasteiger partial charge is 0.481 e. The predicted octanol–water partition coefficient (Wildman–Crippen LogP) is 1.63. The zero-order chi connectivity index (χ0) is 15.3. The standard InChI is InChI=1S/C10H8F2N2O5S/c11-5-1-6(12)10(7(2-5)14(18)19)13-8(15)3-20-4-9(16)17/h1-2H,3-4H2,(H,13,15)(H,16,17). The van der Waals surface area contributed by atoms with Crippen LogP contribution in [0.1, 0.15) is 0 Å². The van der Waals surface area contributed by atoms with Crippen LogP contribution in [0.25, 0.3) is 0 Å². The highest BCUT2D eigenvalue weighted by molar-refractivity contribution is 8.00. The molecule has 10 heteroatoms. The highest BCUT2D eigenvalue weighted by Crippen LogP contribution is 2.28. The molecule has 1 rings (SSSR count). The van der Waals surface area contributed by atoms with Gasteiger partial charge in [0.2, 0.25) is 5.91 Å². The van der Waals surface area contributed by atoms with Crippen LogP contribution in [0.3, 0.4) is 0 Å². The van der Waals surface area contributed by atoms with Crippen molar-refractivity contribution in [3.63, 3.8) is 0 Å². The van der Waals surface area contributed by atoms with Gasteiger partial charge < -0.3 is 10.4 Å². The van der Waals surface area contributed by atoms with E-state index in [1.165, 1.54) is 0 Å². The monoisotopic (exact) mass is 306 g/mol. The molecule has 0 spiro atoms. The average molecular weight is 306 g/mol. The van der Waals surface area contributed by atoms with Gasteiger partial charge in [0, 0.05) is 6.07 Å². The lowest BCUT2D eigenvalue weighted by Crippen LogP contribution is -2.17. The molecule has 0 atom stereocenters. The molecule has 0 saturated heterocycles. The van der Waals surface area contributed by atoms with E-state index in [-0.39, 0.29) is 11.5 Å². The molecule has 1 amide bonds. The number of hydrogen-bond donors (Lipinski definition) is 2. The van der Waals surface area contributed by atoms with E-state index in [9.17, 15) is 28.5 Å². The summed E-state index contributed by atoms with van der Waals surface area (Å²) < 4.78 is 26.3. The fourth-order valence-corrected chi connectivity index (χ4v) is 1.77. The quantitative estimate of drug-likeness (QED) is 0.610. The topological polar surface area (TPSA) is 110 Å². The molecule has 0 aliphatic rings. The number of thioether (sulfide) groups is 1. The number of carbonyl (C=O) groups is 2. The summed E-state index contributed by atoms with van der Waals surface area (Å²) in [6.07, 6.45) is 0. The third-order valence-corrected chi connectivity index (χ3v) is 2.87. The molecule has 1 aromatic rings. The van der Waals surface area contributed by atoms with Crippen LogP contribution >= 0.6 is 11.8 Å². The first-order chi connectivity index (χ1) is 9.31. The van der Waals surface area contributed by atoms with E-state index in [2.05, 4.69) is 0 Å². The number of rotatable bonds is 6. The van der Waals surface area contributed by atoms with E-state index in [4.69, 9.17) is 5.11 Å². The first-order valence-corrected chi connectivity index (χ1v) is 6.19. The Morgan fingerprint density at radius 2 is 2.00 bits per heavy atom. The number of carboxylic acids is 1. The molecule has 0 bridgehead atoms. The lowest BCUT2D eigenvalue weighted by atomic mass is 10.2. The Bertz CT molecular complexity index is 567. The first kappa shape index (κ1) is 15.8. The number of anilines is 1. The zero-order valence-electron chi connectivity index (χ0n) is 9.76. The average Bonchev–Trinajstić information content (AvgIpc) is 2.31. The molecule has 0 radical (unpaired) electrons. The van der Waals surface area contributed by atoms with Gasteiger partial charge in [0.1, 0.15) is 5.82 Å². The molecule has 0 aromatic heterocycles. The number of halogens is 2. The van der Waals surface area contributed by atoms with Gasteiger partial charge in [0.15, 0.2) is 11.5 Å². The number of nitrogens with zero attached hydrogens (tertiary/aromatic N) is 1. The predicted molar refractivity (Wildman–Crippen MR) is 66.6 cm³/mol. The molecule has 0 aliphatic carbocycles. The summed E-state index contributed by atoms with van der Waals surface area (Å²) in [6.45, 7) is 0. The Kier molecular flexibility index (Phi) is 5.38. The lowest BCUT2D eigenvalue weighted by molar-refractivity contribution is -0.384. The van der Waals surface area contributed by atoms with Crippen LogP contribution in [0.15, 0.2) is 12.1 Å². The number of aliphatic carboxylic acids is 1. The lowest BCUT2D eigenvalue weighted by Gasteiger charge is -2.06. The number of nitro groups is 1. The first-order valence-electron chi connectivity index (χ1n) is 5.04. The van der Waals surface area contributed by atoms with Crippen LogP contribution in [-0.2, 0) is 9.59 Å². The van der Waals surface area contributed by atoms with Crippen molar-refractivity contribution in [2.45, 2.75) is 0 Å². The van der Waals surface area contributed by atoms with Gasteiger partial charge in [-0.1, -0.05) is 0 Å². The molecule has 0 unspecified atom stereocenters. The van der Waals surface area contributed by atoms with Crippen molar-refractivity contribution >= 4 is 35.0 Å². The zero-order valence-corrected chi connectivity index (χ0v) is 10.6. The molecule has 2 N–H and O–H groups in total. The van der Waals surface area contributed by atoms with Crippen molar-refractivity contribution < 1.29 is 28.4 Å². The third-order valence-electron chi connectivity index (χ3n) is 1.95. The number of carbonyl (C=O) groups excluding carboxylic acids is 1. The van der Waals surface area contributed by atoms with Gasteiger partial charge >= 0.3 is 5.97 Å². The summed E-state index contributed by atoms with van der Waals surface area (Å²) >= 11 is 0.734. The molecule has 0 heterocycles. The molecular weight excluding hydrogens is 298 g/mol. The van der Waals surface area contributed by atoms with Crippen molar-refractivity contribution in [3.8, 4) is 0 Å². The summed E-state index contributed by atoms with van der Waals surface area (Å²) in [6, 6.07) is 0.871. The summed E-state index contributed by atoms with van der Waals surface area (Å²) in [4.78, 5) is 31.2. The Morgan fingerprint density at radius 3 is 2.55 bits per heavy atom. The van der Waals surface area contributed by atoms with E-state index in [0.717, 1.165) is 11.8 Å². The number of carboxylic acid groups (broad SMARTS) is 1. The number of hydrogen-bond acceptors (Lipinski definition) is 5. The maximum absolute atomic E-state index is 13.4. The Hall–Kier alpha value is -2.23.